The van der Waals surface area contributed by atoms with Gasteiger partial charge in [0.25, 0.3) is 0 Å². The van der Waals surface area contributed by atoms with Crippen LogP contribution in [0.5, 0.6) is 11.5 Å². The quantitative estimate of drug-likeness (QED) is 0.759. The van der Waals surface area contributed by atoms with Crippen LogP contribution in [0.4, 0.5) is 0 Å². The maximum Gasteiger partial charge on any atom is 0.127 e. The molecule has 0 aromatic heterocycles. The molecule has 0 unspecified atom stereocenters. The highest BCUT2D eigenvalue weighted by molar-refractivity contribution is 5.40. The molecule has 0 atom stereocenters. The zero-order chi connectivity index (χ0) is 18.4. The molecule has 1 heterocycles. The molecule has 4 nitrogen and oxygen atoms in total. The van der Waals surface area contributed by atoms with E-state index in [1.807, 2.05) is 12.1 Å². The monoisotopic (exact) mass is 354 g/mol. The molecule has 0 spiro atoms. The van der Waals surface area contributed by atoms with Crippen molar-refractivity contribution in [3.63, 3.8) is 0 Å². The van der Waals surface area contributed by atoms with E-state index in [0.717, 1.165) is 57.2 Å². The van der Waals surface area contributed by atoms with Crippen molar-refractivity contribution in [2.75, 3.05) is 40.4 Å². The molecule has 0 N–H and O–H groups in total. The summed E-state index contributed by atoms with van der Waals surface area (Å²) in [4.78, 5) is 5.05. The van der Waals surface area contributed by atoms with Crippen molar-refractivity contribution in [3.8, 4) is 11.5 Å². The molecule has 1 saturated heterocycles. The van der Waals surface area contributed by atoms with Gasteiger partial charge in [0.05, 0.1) is 14.2 Å². The van der Waals surface area contributed by atoms with E-state index in [9.17, 15) is 0 Å². The zero-order valence-electron chi connectivity index (χ0n) is 16.2. The Morgan fingerprint density at radius 2 is 1.38 bits per heavy atom. The largest absolute Gasteiger partial charge is 0.497 e. The molecule has 2 aromatic carbocycles. The van der Waals surface area contributed by atoms with Crippen molar-refractivity contribution in [3.05, 3.63) is 59.2 Å². The smallest absolute Gasteiger partial charge is 0.127 e. The molecule has 0 bridgehead atoms. The SMILES string of the molecule is CCc1ccc(CN2CCN(Cc3ccc(OC)cc3OC)CC2)cc1. The standard InChI is InChI=1S/C22H30N2O2/c1-4-18-5-7-19(8-6-18)16-23-11-13-24(14-12-23)17-20-9-10-21(25-2)15-22(20)26-3/h5-10,15H,4,11-14,16-17H2,1-3H3. The Balaban J connectivity index is 1.52. The third-order valence-corrected chi connectivity index (χ3v) is 5.19. The van der Waals surface area contributed by atoms with Crippen LogP contribution in [0.2, 0.25) is 0 Å². The summed E-state index contributed by atoms with van der Waals surface area (Å²) in [6.07, 6.45) is 1.10. The van der Waals surface area contributed by atoms with Gasteiger partial charge in [-0.05, 0) is 23.6 Å². The molecule has 1 aliphatic rings. The van der Waals surface area contributed by atoms with Gasteiger partial charge in [0.2, 0.25) is 0 Å². The van der Waals surface area contributed by atoms with E-state index in [-0.39, 0.29) is 0 Å². The summed E-state index contributed by atoms with van der Waals surface area (Å²) in [5.41, 5.74) is 4.04. The van der Waals surface area contributed by atoms with E-state index >= 15 is 0 Å². The average Bonchev–Trinajstić information content (AvgIpc) is 2.70. The van der Waals surface area contributed by atoms with Crippen LogP contribution in [0.1, 0.15) is 23.6 Å². The fourth-order valence-electron chi connectivity index (χ4n) is 3.47. The fraction of sp³-hybridized carbons (Fsp3) is 0.455. The summed E-state index contributed by atoms with van der Waals surface area (Å²) in [5, 5.41) is 0. The molecule has 1 aliphatic heterocycles. The van der Waals surface area contributed by atoms with Gasteiger partial charge in [-0.1, -0.05) is 37.3 Å². The fourth-order valence-corrected chi connectivity index (χ4v) is 3.47. The molecule has 0 saturated carbocycles. The number of rotatable bonds is 7. The molecule has 0 amide bonds. The number of benzene rings is 2. The van der Waals surface area contributed by atoms with Crippen LogP contribution in [-0.4, -0.2) is 50.2 Å². The van der Waals surface area contributed by atoms with Gasteiger partial charge in [0, 0.05) is 50.9 Å². The molecule has 1 fully saturated rings. The minimum atomic E-state index is 0.838. The molecule has 4 heteroatoms. The number of ether oxygens (including phenoxy) is 2. The summed E-state index contributed by atoms with van der Waals surface area (Å²) < 4.78 is 10.8. The van der Waals surface area contributed by atoms with Gasteiger partial charge < -0.3 is 9.47 Å². The lowest BCUT2D eigenvalue weighted by Crippen LogP contribution is -2.45. The lowest BCUT2D eigenvalue weighted by molar-refractivity contribution is 0.121. The van der Waals surface area contributed by atoms with E-state index in [1.54, 1.807) is 14.2 Å². The maximum atomic E-state index is 5.53. The number of piperazine rings is 1. The highest BCUT2D eigenvalue weighted by Crippen LogP contribution is 2.26. The van der Waals surface area contributed by atoms with E-state index in [1.165, 1.54) is 16.7 Å². The van der Waals surface area contributed by atoms with Gasteiger partial charge in [-0.15, -0.1) is 0 Å². The number of methoxy groups -OCH3 is 2. The maximum absolute atomic E-state index is 5.53. The van der Waals surface area contributed by atoms with Gasteiger partial charge in [0.15, 0.2) is 0 Å². The first-order valence-corrected chi connectivity index (χ1v) is 9.45. The molecular weight excluding hydrogens is 324 g/mol. The van der Waals surface area contributed by atoms with Crippen molar-refractivity contribution < 1.29 is 9.47 Å². The van der Waals surface area contributed by atoms with Gasteiger partial charge in [-0.2, -0.15) is 0 Å². The lowest BCUT2D eigenvalue weighted by atomic mass is 10.1. The average molecular weight is 354 g/mol. The number of hydrogen-bond acceptors (Lipinski definition) is 4. The van der Waals surface area contributed by atoms with Crippen LogP contribution in [0.25, 0.3) is 0 Å². The number of nitrogens with zero attached hydrogens (tertiary/aromatic N) is 2. The van der Waals surface area contributed by atoms with Crippen molar-refractivity contribution >= 4 is 0 Å². The second-order valence-electron chi connectivity index (χ2n) is 6.90. The molecule has 0 aliphatic carbocycles. The molecule has 26 heavy (non-hydrogen) atoms. The Labute approximate surface area is 157 Å². The van der Waals surface area contributed by atoms with Crippen LogP contribution in [0.15, 0.2) is 42.5 Å². The van der Waals surface area contributed by atoms with Gasteiger partial charge in [-0.3, -0.25) is 9.80 Å². The van der Waals surface area contributed by atoms with Crippen LogP contribution in [0.3, 0.4) is 0 Å². The Morgan fingerprint density at radius 3 is 1.96 bits per heavy atom. The van der Waals surface area contributed by atoms with Crippen LogP contribution >= 0.6 is 0 Å². The van der Waals surface area contributed by atoms with Gasteiger partial charge in [0.1, 0.15) is 11.5 Å². The van der Waals surface area contributed by atoms with E-state index in [0.29, 0.717) is 0 Å². The number of aryl methyl sites for hydroxylation is 1. The van der Waals surface area contributed by atoms with E-state index in [2.05, 4.69) is 47.1 Å². The summed E-state index contributed by atoms with van der Waals surface area (Å²) in [5.74, 6) is 1.74. The number of hydrogen-bond donors (Lipinski definition) is 0. The highest BCUT2D eigenvalue weighted by Gasteiger charge is 2.18. The predicted octanol–water partition coefficient (Wildman–Crippen LogP) is 3.58. The van der Waals surface area contributed by atoms with E-state index in [4.69, 9.17) is 9.47 Å². The topological polar surface area (TPSA) is 24.9 Å². The van der Waals surface area contributed by atoms with Crippen molar-refractivity contribution in [2.45, 2.75) is 26.4 Å². The summed E-state index contributed by atoms with van der Waals surface area (Å²) in [6, 6.07) is 15.1. The minimum Gasteiger partial charge on any atom is -0.497 e. The third-order valence-electron chi connectivity index (χ3n) is 5.19. The van der Waals surface area contributed by atoms with Crippen LogP contribution in [0, 0.1) is 0 Å². The molecule has 2 aromatic rings. The van der Waals surface area contributed by atoms with Crippen molar-refractivity contribution in [1.82, 2.24) is 9.80 Å². The Bertz CT molecular complexity index is 692. The Kier molecular flexibility index (Phi) is 6.53. The second kappa shape index (κ2) is 9.06. The first kappa shape index (κ1) is 18.7. The second-order valence-corrected chi connectivity index (χ2v) is 6.90. The molecule has 3 rings (SSSR count). The summed E-state index contributed by atoms with van der Waals surface area (Å²) in [6.45, 7) is 8.55. The van der Waals surface area contributed by atoms with Crippen molar-refractivity contribution in [2.24, 2.45) is 0 Å². The Hall–Kier alpha value is -2.04. The van der Waals surface area contributed by atoms with Crippen molar-refractivity contribution in [1.29, 1.82) is 0 Å². The molecule has 140 valence electrons. The lowest BCUT2D eigenvalue weighted by Gasteiger charge is -2.35. The molecule has 0 radical (unpaired) electrons. The highest BCUT2D eigenvalue weighted by atomic mass is 16.5. The van der Waals surface area contributed by atoms with E-state index < -0.39 is 0 Å². The first-order valence-electron chi connectivity index (χ1n) is 9.45. The Morgan fingerprint density at radius 1 is 0.769 bits per heavy atom. The predicted molar refractivity (Wildman–Crippen MR) is 106 cm³/mol. The molecular formula is C22H30N2O2. The third kappa shape index (κ3) is 4.77. The minimum absolute atomic E-state index is 0.838. The zero-order valence-corrected chi connectivity index (χ0v) is 16.2. The van der Waals surface area contributed by atoms with Crippen LogP contribution < -0.4 is 9.47 Å². The summed E-state index contributed by atoms with van der Waals surface area (Å²) >= 11 is 0. The summed E-state index contributed by atoms with van der Waals surface area (Å²) in [7, 11) is 3.41. The van der Waals surface area contributed by atoms with Crippen LogP contribution in [-0.2, 0) is 19.5 Å². The first-order chi connectivity index (χ1) is 12.7. The normalized spacial score (nSPS) is 15.8. The van der Waals surface area contributed by atoms with Gasteiger partial charge >= 0.3 is 0 Å². The van der Waals surface area contributed by atoms with Gasteiger partial charge in [-0.25, -0.2) is 0 Å².